The van der Waals surface area contributed by atoms with Gasteiger partial charge in [0.25, 0.3) is 0 Å². The Morgan fingerprint density at radius 2 is 2.12 bits per heavy atom. The molecule has 0 saturated carbocycles. The molecule has 0 N–H and O–H groups in total. The number of unbranched alkanes of at least 4 members (excludes halogenated alkanes) is 1. The van der Waals surface area contributed by atoms with Crippen LogP contribution >= 0.6 is 11.8 Å². The van der Waals surface area contributed by atoms with Crippen LogP contribution in [0.4, 0.5) is 0 Å². The molecule has 0 amide bonds. The zero-order valence-electron chi connectivity index (χ0n) is 14.8. The van der Waals surface area contributed by atoms with Crippen molar-refractivity contribution in [2.45, 2.75) is 32.1 Å². The fraction of sp³-hybridized carbons (Fsp3) is 0.318. The van der Waals surface area contributed by atoms with Gasteiger partial charge >= 0.3 is 0 Å². The lowest BCUT2D eigenvalue weighted by atomic mass is 9.94. The Hall–Kier alpha value is -2.00. The fourth-order valence-corrected chi connectivity index (χ4v) is 4.79. The van der Waals surface area contributed by atoms with Crippen molar-refractivity contribution in [1.29, 1.82) is 0 Å². The molecule has 4 rings (SSSR count). The van der Waals surface area contributed by atoms with Gasteiger partial charge in [0.1, 0.15) is 0 Å². The van der Waals surface area contributed by atoms with E-state index in [4.69, 9.17) is 0 Å². The first kappa shape index (κ1) is 16.5. The Morgan fingerprint density at radius 3 is 2.88 bits per heavy atom. The molecule has 0 fully saturated rings. The molecule has 3 aromatic rings. The van der Waals surface area contributed by atoms with Crippen molar-refractivity contribution in [2.75, 3.05) is 5.75 Å². The smallest absolute Gasteiger partial charge is 0.193 e. The third-order valence-corrected chi connectivity index (χ3v) is 6.06. The molecule has 0 aliphatic carbocycles. The van der Waals surface area contributed by atoms with E-state index in [2.05, 4.69) is 60.5 Å². The van der Waals surface area contributed by atoms with Crippen LogP contribution in [-0.2, 0) is 13.5 Å². The van der Waals surface area contributed by atoms with E-state index in [9.17, 15) is 4.79 Å². The number of allylic oxidation sites excluding steroid dienone is 1. The predicted octanol–water partition coefficient (Wildman–Crippen LogP) is 5.38. The zero-order valence-corrected chi connectivity index (χ0v) is 15.6. The standard InChI is InChI=1S/C22H23NOS/c1-3-4-7-16-12-15-8-5-6-9-18(15)20-21(16)23(2)13-19(22(20)24)17-10-11-25-14-17/h5-6,8-13,17H,3-4,7,14H2,1-2H3. The molecule has 25 heavy (non-hydrogen) atoms. The second-order valence-corrected chi connectivity index (χ2v) is 7.82. The summed E-state index contributed by atoms with van der Waals surface area (Å²) in [6, 6.07) is 10.6. The number of benzene rings is 2. The van der Waals surface area contributed by atoms with Crippen molar-refractivity contribution in [3.63, 3.8) is 0 Å². The van der Waals surface area contributed by atoms with Crippen molar-refractivity contribution in [3.8, 4) is 0 Å². The molecule has 128 valence electrons. The molecule has 0 saturated heterocycles. The van der Waals surface area contributed by atoms with Gasteiger partial charge in [-0.3, -0.25) is 4.79 Å². The lowest BCUT2D eigenvalue weighted by molar-refractivity contribution is 0.792. The maximum atomic E-state index is 13.5. The Morgan fingerprint density at radius 1 is 1.28 bits per heavy atom. The van der Waals surface area contributed by atoms with Gasteiger partial charge in [0.2, 0.25) is 0 Å². The molecule has 1 atom stereocenters. The van der Waals surface area contributed by atoms with E-state index < -0.39 is 0 Å². The number of hydrogen-bond acceptors (Lipinski definition) is 2. The first-order valence-electron chi connectivity index (χ1n) is 9.03. The molecule has 1 aliphatic heterocycles. The van der Waals surface area contributed by atoms with E-state index in [0.29, 0.717) is 0 Å². The van der Waals surface area contributed by atoms with Gasteiger partial charge in [0.15, 0.2) is 5.43 Å². The van der Waals surface area contributed by atoms with Crippen LogP contribution in [0.2, 0.25) is 0 Å². The van der Waals surface area contributed by atoms with Gasteiger partial charge in [-0.1, -0.05) is 43.7 Å². The average Bonchev–Trinajstić information content (AvgIpc) is 3.16. The maximum Gasteiger partial charge on any atom is 0.193 e. The molecule has 1 aromatic heterocycles. The van der Waals surface area contributed by atoms with Crippen molar-refractivity contribution in [2.24, 2.45) is 7.05 Å². The minimum absolute atomic E-state index is 0.208. The lowest BCUT2D eigenvalue weighted by Crippen LogP contribution is -2.18. The highest BCUT2D eigenvalue weighted by Gasteiger charge is 2.20. The van der Waals surface area contributed by atoms with Crippen molar-refractivity contribution < 1.29 is 0 Å². The van der Waals surface area contributed by atoms with Gasteiger partial charge in [-0.05, 0) is 40.7 Å². The van der Waals surface area contributed by atoms with E-state index in [-0.39, 0.29) is 11.3 Å². The molecule has 1 unspecified atom stereocenters. The number of nitrogens with zero attached hydrogens (tertiary/aromatic N) is 1. The number of aryl methyl sites for hydroxylation is 2. The summed E-state index contributed by atoms with van der Waals surface area (Å²) in [7, 11) is 2.08. The molecule has 0 spiro atoms. The Kier molecular flexibility index (Phi) is 4.43. The molecule has 2 heterocycles. The van der Waals surface area contributed by atoms with Crippen LogP contribution < -0.4 is 5.43 Å². The summed E-state index contributed by atoms with van der Waals surface area (Å²) in [5.74, 6) is 1.19. The molecule has 1 aliphatic rings. The van der Waals surface area contributed by atoms with Crippen LogP contribution in [0, 0.1) is 0 Å². The minimum atomic E-state index is 0.208. The molecule has 3 heteroatoms. The molecular formula is C22H23NOS. The van der Waals surface area contributed by atoms with Crippen LogP contribution in [0.3, 0.4) is 0 Å². The van der Waals surface area contributed by atoms with Crippen LogP contribution in [0.25, 0.3) is 21.7 Å². The lowest BCUT2D eigenvalue weighted by Gasteiger charge is -2.17. The molecule has 2 nitrogen and oxygen atoms in total. The number of thioether (sulfide) groups is 1. The highest BCUT2D eigenvalue weighted by atomic mass is 32.2. The summed E-state index contributed by atoms with van der Waals surface area (Å²) in [6.07, 6.45) is 7.55. The van der Waals surface area contributed by atoms with Crippen LogP contribution in [-0.4, -0.2) is 10.3 Å². The molecule has 0 radical (unpaired) electrons. The van der Waals surface area contributed by atoms with Gasteiger partial charge < -0.3 is 4.57 Å². The molecule has 2 aromatic carbocycles. The number of aromatic nitrogens is 1. The Bertz CT molecular complexity index is 1030. The summed E-state index contributed by atoms with van der Waals surface area (Å²) < 4.78 is 2.18. The second-order valence-electron chi connectivity index (χ2n) is 6.88. The van der Waals surface area contributed by atoms with Crippen LogP contribution in [0.1, 0.15) is 36.8 Å². The van der Waals surface area contributed by atoms with Crippen molar-refractivity contribution in [3.05, 3.63) is 69.4 Å². The predicted molar refractivity (Wildman–Crippen MR) is 110 cm³/mol. The number of hydrogen-bond donors (Lipinski definition) is 0. The maximum absolute atomic E-state index is 13.5. The monoisotopic (exact) mass is 349 g/mol. The summed E-state index contributed by atoms with van der Waals surface area (Å²) in [6.45, 7) is 2.21. The number of pyridine rings is 1. The van der Waals surface area contributed by atoms with E-state index in [1.807, 2.05) is 6.07 Å². The van der Waals surface area contributed by atoms with E-state index in [1.54, 1.807) is 11.8 Å². The summed E-state index contributed by atoms with van der Waals surface area (Å²) >= 11 is 1.79. The van der Waals surface area contributed by atoms with Gasteiger partial charge in [0.05, 0.1) is 10.9 Å². The number of rotatable bonds is 4. The third-order valence-electron chi connectivity index (χ3n) is 5.16. The van der Waals surface area contributed by atoms with Gasteiger partial charge in [-0.25, -0.2) is 0 Å². The van der Waals surface area contributed by atoms with E-state index in [0.717, 1.165) is 46.9 Å². The fourth-order valence-electron chi connectivity index (χ4n) is 3.88. The summed E-state index contributed by atoms with van der Waals surface area (Å²) in [5, 5.41) is 5.26. The summed E-state index contributed by atoms with van der Waals surface area (Å²) in [4.78, 5) is 13.5. The molecular weight excluding hydrogens is 326 g/mol. The van der Waals surface area contributed by atoms with Gasteiger partial charge in [0, 0.05) is 30.5 Å². The van der Waals surface area contributed by atoms with E-state index >= 15 is 0 Å². The highest BCUT2D eigenvalue weighted by Crippen LogP contribution is 2.32. The quantitative estimate of drug-likeness (QED) is 0.590. The van der Waals surface area contributed by atoms with Gasteiger partial charge in [-0.2, -0.15) is 0 Å². The SMILES string of the molecule is CCCCc1cc2ccccc2c2c(=O)c(C3C=CSC3)cn(C)c12. The van der Waals surface area contributed by atoms with Crippen molar-refractivity contribution in [1.82, 2.24) is 4.57 Å². The Labute approximate surface area is 152 Å². The van der Waals surface area contributed by atoms with E-state index in [1.165, 1.54) is 10.9 Å². The Balaban J connectivity index is 2.09. The third kappa shape index (κ3) is 2.81. The highest BCUT2D eigenvalue weighted by molar-refractivity contribution is 8.02. The van der Waals surface area contributed by atoms with Crippen LogP contribution in [0.15, 0.2) is 52.8 Å². The normalized spacial score (nSPS) is 17.0. The largest absolute Gasteiger partial charge is 0.350 e. The van der Waals surface area contributed by atoms with Crippen molar-refractivity contribution >= 4 is 33.4 Å². The van der Waals surface area contributed by atoms with Crippen LogP contribution in [0.5, 0.6) is 0 Å². The summed E-state index contributed by atoms with van der Waals surface area (Å²) in [5.41, 5.74) is 3.53. The number of fused-ring (bicyclic) bond motifs is 3. The minimum Gasteiger partial charge on any atom is -0.350 e. The zero-order chi connectivity index (χ0) is 17.4. The van der Waals surface area contributed by atoms with Gasteiger partial charge in [-0.15, -0.1) is 11.8 Å². The molecule has 0 bridgehead atoms. The first-order valence-corrected chi connectivity index (χ1v) is 10.1. The first-order chi connectivity index (χ1) is 12.2. The average molecular weight is 349 g/mol. The second kappa shape index (κ2) is 6.72. The topological polar surface area (TPSA) is 22.0 Å².